The standard InChI is InChI=1S/C15H15N5OS/c1-11(20-10-16-9-17-20)14(21)19-15-18-13(8-22-15)7-12-5-3-2-4-6-12/h2-6,8-11H,7H2,1H3,(H,18,19,21)/t11-/m1/s1. The van der Waals surface area contributed by atoms with Crippen molar-refractivity contribution in [1.82, 2.24) is 19.7 Å². The van der Waals surface area contributed by atoms with Crippen LogP contribution in [0.25, 0.3) is 0 Å². The van der Waals surface area contributed by atoms with Gasteiger partial charge in [0.2, 0.25) is 0 Å². The summed E-state index contributed by atoms with van der Waals surface area (Å²) in [5.74, 6) is -0.161. The number of rotatable bonds is 5. The number of hydrogen-bond acceptors (Lipinski definition) is 5. The molecule has 0 aliphatic carbocycles. The van der Waals surface area contributed by atoms with E-state index in [0.717, 1.165) is 12.1 Å². The van der Waals surface area contributed by atoms with Crippen molar-refractivity contribution >= 4 is 22.4 Å². The van der Waals surface area contributed by atoms with Crippen LogP contribution in [0.15, 0.2) is 48.4 Å². The maximum Gasteiger partial charge on any atom is 0.250 e. The topological polar surface area (TPSA) is 72.7 Å². The molecule has 0 aliphatic rings. The zero-order valence-corrected chi connectivity index (χ0v) is 12.8. The predicted octanol–water partition coefficient (Wildman–Crippen LogP) is 2.53. The molecule has 1 atom stereocenters. The fraction of sp³-hybridized carbons (Fsp3) is 0.200. The Morgan fingerprint density at radius 1 is 1.36 bits per heavy atom. The summed E-state index contributed by atoms with van der Waals surface area (Å²) in [4.78, 5) is 20.4. The van der Waals surface area contributed by atoms with E-state index in [2.05, 4.69) is 32.5 Å². The molecule has 1 aromatic carbocycles. The lowest BCUT2D eigenvalue weighted by Gasteiger charge is -2.09. The van der Waals surface area contributed by atoms with Gasteiger partial charge in [-0.25, -0.2) is 14.6 Å². The lowest BCUT2D eigenvalue weighted by Crippen LogP contribution is -2.23. The Morgan fingerprint density at radius 3 is 2.91 bits per heavy atom. The van der Waals surface area contributed by atoms with Gasteiger partial charge in [-0.2, -0.15) is 5.10 Å². The first kappa shape index (κ1) is 14.4. The zero-order chi connectivity index (χ0) is 15.4. The number of hydrogen-bond donors (Lipinski definition) is 1. The van der Waals surface area contributed by atoms with Crippen LogP contribution >= 0.6 is 11.3 Å². The third-order valence-electron chi connectivity index (χ3n) is 3.22. The smallest absolute Gasteiger partial charge is 0.250 e. The van der Waals surface area contributed by atoms with E-state index in [-0.39, 0.29) is 5.91 Å². The molecule has 3 aromatic rings. The minimum Gasteiger partial charge on any atom is -0.300 e. The molecule has 112 valence electrons. The first-order valence-electron chi connectivity index (χ1n) is 6.85. The second-order valence-electron chi connectivity index (χ2n) is 4.85. The van der Waals surface area contributed by atoms with Crippen LogP contribution in [-0.4, -0.2) is 25.7 Å². The largest absolute Gasteiger partial charge is 0.300 e. The van der Waals surface area contributed by atoms with Crippen molar-refractivity contribution in [3.05, 3.63) is 59.6 Å². The summed E-state index contributed by atoms with van der Waals surface area (Å²) in [5, 5.41) is 9.34. The number of benzene rings is 1. The molecule has 0 unspecified atom stereocenters. The summed E-state index contributed by atoms with van der Waals surface area (Å²) in [5.41, 5.74) is 2.14. The Bertz CT molecular complexity index is 738. The van der Waals surface area contributed by atoms with Crippen LogP contribution < -0.4 is 5.32 Å². The summed E-state index contributed by atoms with van der Waals surface area (Å²) in [6, 6.07) is 9.69. The van der Waals surface area contributed by atoms with Crippen LogP contribution in [0.4, 0.5) is 5.13 Å². The second kappa shape index (κ2) is 6.48. The van der Waals surface area contributed by atoms with E-state index in [1.807, 2.05) is 23.6 Å². The molecule has 0 radical (unpaired) electrons. The fourth-order valence-corrected chi connectivity index (χ4v) is 2.71. The molecule has 0 spiro atoms. The maximum absolute atomic E-state index is 12.1. The Labute approximate surface area is 131 Å². The molecule has 0 fully saturated rings. The maximum atomic E-state index is 12.1. The summed E-state index contributed by atoms with van der Waals surface area (Å²) in [7, 11) is 0. The number of aromatic nitrogens is 4. The normalized spacial score (nSPS) is 12.0. The highest BCUT2D eigenvalue weighted by Crippen LogP contribution is 2.19. The van der Waals surface area contributed by atoms with E-state index >= 15 is 0 Å². The van der Waals surface area contributed by atoms with Crippen LogP contribution in [0, 0.1) is 0 Å². The molecular formula is C15H15N5OS. The molecule has 0 saturated carbocycles. The van der Waals surface area contributed by atoms with Crippen molar-refractivity contribution in [1.29, 1.82) is 0 Å². The number of carbonyl (C=O) groups is 1. The van der Waals surface area contributed by atoms with Gasteiger partial charge in [-0.3, -0.25) is 4.79 Å². The monoisotopic (exact) mass is 313 g/mol. The van der Waals surface area contributed by atoms with Crippen LogP contribution in [0.1, 0.15) is 24.2 Å². The molecule has 0 bridgehead atoms. The van der Waals surface area contributed by atoms with Gasteiger partial charge in [-0.15, -0.1) is 11.3 Å². The number of carbonyl (C=O) groups excluding carboxylic acids is 1. The first-order valence-corrected chi connectivity index (χ1v) is 7.73. The van der Waals surface area contributed by atoms with Gasteiger partial charge in [0.05, 0.1) is 5.69 Å². The Hall–Kier alpha value is -2.54. The van der Waals surface area contributed by atoms with Gasteiger partial charge >= 0.3 is 0 Å². The van der Waals surface area contributed by atoms with E-state index in [1.165, 1.54) is 34.2 Å². The third-order valence-corrected chi connectivity index (χ3v) is 4.03. The summed E-state index contributed by atoms with van der Waals surface area (Å²) < 4.78 is 1.51. The molecule has 3 rings (SSSR count). The van der Waals surface area contributed by atoms with Crippen molar-refractivity contribution in [3.63, 3.8) is 0 Å². The van der Waals surface area contributed by atoms with Crippen molar-refractivity contribution in [2.45, 2.75) is 19.4 Å². The van der Waals surface area contributed by atoms with Crippen LogP contribution in [0.5, 0.6) is 0 Å². The van der Waals surface area contributed by atoms with Gasteiger partial charge in [0.15, 0.2) is 5.13 Å². The molecule has 2 heterocycles. The molecule has 1 amide bonds. The van der Waals surface area contributed by atoms with Crippen molar-refractivity contribution < 1.29 is 4.79 Å². The third kappa shape index (κ3) is 3.37. The van der Waals surface area contributed by atoms with Crippen molar-refractivity contribution in [2.75, 3.05) is 5.32 Å². The molecule has 1 N–H and O–H groups in total. The van der Waals surface area contributed by atoms with Gasteiger partial charge in [-0.05, 0) is 12.5 Å². The van der Waals surface area contributed by atoms with Crippen LogP contribution in [0.3, 0.4) is 0 Å². The average Bonchev–Trinajstić information content (AvgIpc) is 3.19. The second-order valence-corrected chi connectivity index (χ2v) is 5.71. The Balaban J connectivity index is 1.63. The van der Waals surface area contributed by atoms with Gasteiger partial charge in [0.25, 0.3) is 5.91 Å². The summed E-state index contributed by atoms with van der Waals surface area (Å²) in [6.07, 6.45) is 3.68. The molecule has 6 nitrogen and oxygen atoms in total. The molecule has 2 aromatic heterocycles. The van der Waals surface area contributed by atoms with Crippen molar-refractivity contribution in [3.8, 4) is 0 Å². The highest BCUT2D eigenvalue weighted by Gasteiger charge is 2.16. The Morgan fingerprint density at radius 2 is 2.18 bits per heavy atom. The van der Waals surface area contributed by atoms with Gasteiger partial charge in [-0.1, -0.05) is 30.3 Å². The van der Waals surface area contributed by atoms with E-state index in [4.69, 9.17) is 0 Å². The van der Waals surface area contributed by atoms with Crippen molar-refractivity contribution in [2.24, 2.45) is 0 Å². The lowest BCUT2D eigenvalue weighted by molar-refractivity contribution is -0.119. The number of thiazole rings is 1. The molecule has 0 saturated heterocycles. The molecule has 0 aliphatic heterocycles. The quantitative estimate of drug-likeness (QED) is 0.785. The minimum absolute atomic E-state index is 0.161. The fourth-order valence-electron chi connectivity index (χ4n) is 2.00. The van der Waals surface area contributed by atoms with Crippen LogP contribution in [0.2, 0.25) is 0 Å². The van der Waals surface area contributed by atoms with Gasteiger partial charge in [0, 0.05) is 11.8 Å². The highest BCUT2D eigenvalue weighted by atomic mass is 32.1. The number of amides is 1. The van der Waals surface area contributed by atoms with E-state index in [0.29, 0.717) is 5.13 Å². The summed E-state index contributed by atoms with van der Waals surface area (Å²) in [6.45, 7) is 1.77. The highest BCUT2D eigenvalue weighted by molar-refractivity contribution is 7.13. The van der Waals surface area contributed by atoms with Gasteiger partial charge in [0.1, 0.15) is 18.7 Å². The predicted molar refractivity (Wildman–Crippen MR) is 84.7 cm³/mol. The summed E-state index contributed by atoms with van der Waals surface area (Å²) >= 11 is 1.42. The number of nitrogens with one attached hydrogen (secondary N) is 1. The minimum atomic E-state index is -0.427. The van der Waals surface area contributed by atoms with Gasteiger partial charge < -0.3 is 5.32 Å². The number of anilines is 1. The van der Waals surface area contributed by atoms with E-state index < -0.39 is 6.04 Å². The SMILES string of the molecule is C[C@H](C(=O)Nc1nc(Cc2ccccc2)cs1)n1cncn1. The van der Waals surface area contributed by atoms with E-state index in [9.17, 15) is 4.79 Å². The Kier molecular flexibility index (Phi) is 4.24. The zero-order valence-electron chi connectivity index (χ0n) is 12.0. The molecule has 7 heteroatoms. The lowest BCUT2D eigenvalue weighted by atomic mass is 10.1. The first-order chi connectivity index (χ1) is 10.7. The molecule has 22 heavy (non-hydrogen) atoms. The number of nitrogens with zero attached hydrogens (tertiary/aromatic N) is 4. The van der Waals surface area contributed by atoms with E-state index in [1.54, 1.807) is 6.92 Å². The average molecular weight is 313 g/mol. The molecular weight excluding hydrogens is 298 g/mol. The van der Waals surface area contributed by atoms with Crippen LogP contribution in [-0.2, 0) is 11.2 Å².